The van der Waals surface area contributed by atoms with E-state index in [1.807, 2.05) is 20.8 Å². The lowest BCUT2D eigenvalue weighted by molar-refractivity contribution is 0.0238. The SMILES string of the molecule is CC(C)C(C)OC(=O)c1ccc(CCP(C)(=O)O)cc1. The van der Waals surface area contributed by atoms with Crippen molar-refractivity contribution >= 4 is 13.3 Å². The van der Waals surface area contributed by atoms with Gasteiger partial charge in [0.05, 0.1) is 5.56 Å². The van der Waals surface area contributed by atoms with Crippen LogP contribution in [-0.4, -0.2) is 29.8 Å². The van der Waals surface area contributed by atoms with Gasteiger partial charge in [-0.05, 0) is 37.0 Å². The van der Waals surface area contributed by atoms with Crippen LogP contribution in [0.4, 0.5) is 0 Å². The van der Waals surface area contributed by atoms with Crippen LogP contribution in [0.25, 0.3) is 0 Å². The van der Waals surface area contributed by atoms with Gasteiger partial charge in [-0.1, -0.05) is 26.0 Å². The highest BCUT2D eigenvalue weighted by Gasteiger charge is 2.15. The summed E-state index contributed by atoms with van der Waals surface area (Å²) in [5, 5.41) is 0. The second-order valence-corrected chi connectivity index (χ2v) is 8.13. The average molecular weight is 298 g/mol. The van der Waals surface area contributed by atoms with E-state index in [4.69, 9.17) is 4.74 Å². The second kappa shape index (κ2) is 7.05. The number of ether oxygens (including phenoxy) is 1. The van der Waals surface area contributed by atoms with Crippen molar-refractivity contribution in [2.24, 2.45) is 5.92 Å². The third kappa shape index (κ3) is 5.89. The molecule has 0 radical (unpaired) electrons. The molecule has 4 nitrogen and oxygen atoms in total. The Bertz CT molecular complexity index is 487. The lowest BCUT2D eigenvalue weighted by Gasteiger charge is -2.16. The van der Waals surface area contributed by atoms with Crippen molar-refractivity contribution in [1.29, 1.82) is 0 Å². The number of hydrogen-bond acceptors (Lipinski definition) is 3. The molecule has 0 heterocycles. The normalized spacial score (nSPS) is 15.7. The van der Waals surface area contributed by atoms with Gasteiger partial charge in [0.15, 0.2) is 7.37 Å². The average Bonchev–Trinajstić information content (AvgIpc) is 2.35. The van der Waals surface area contributed by atoms with Crippen LogP contribution in [0.2, 0.25) is 0 Å². The molecule has 5 heteroatoms. The first-order chi connectivity index (χ1) is 9.19. The predicted molar refractivity (Wildman–Crippen MR) is 80.5 cm³/mol. The van der Waals surface area contributed by atoms with Crippen molar-refractivity contribution in [3.63, 3.8) is 0 Å². The zero-order chi connectivity index (χ0) is 15.3. The van der Waals surface area contributed by atoms with E-state index in [1.165, 1.54) is 6.66 Å². The molecule has 112 valence electrons. The molecule has 0 aliphatic rings. The smallest absolute Gasteiger partial charge is 0.338 e. The van der Waals surface area contributed by atoms with Crippen LogP contribution in [0, 0.1) is 5.92 Å². The van der Waals surface area contributed by atoms with Crippen molar-refractivity contribution in [1.82, 2.24) is 0 Å². The number of aryl methyl sites for hydroxylation is 1. The van der Waals surface area contributed by atoms with E-state index in [-0.39, 0.29) is 24.2 Å². The first kappa shape index (κ1) is 16.9. The fourth-order valence-electron chi connectivity index (χ4n) is 1.52. The van der Waals surface area contributed by atoms with E-state index in [1.54, 1.807) is 24.3 Å². The van der Waals surface area contributed by atoms with E-state index in [0.717, 1.165) is 5.56 Å². The maximum absolute atomic E-state index is 11.9. The summed E-state index contributed by atoms with van der Waals surface area (Å²) in [6.45, 7) is 7.22. The highest BCUT2D eigenvalue weighted by Crippen LogP contribution is 2.35. The van der Waals surface area contributed by atoms with Crippen LogP contribution in [0.1, 0.15) is 36.7 Å². The highest BCUT2D eigenvalue weighted by molar-refractivity contribution is 7.57. The Morgan fingerprint density at radius 2 is 1.80 bits per heavy atom. The molecule has 0 fully saturated rings. The summed E-state index contributed by atoms with van der Waals surface area (Å²) < 4.78 is 16.6. The Morgan fingerprint density at radius 1 is 1.25 bits per heavy atom. The van der Waals surface area contributed by atoms with Gasteiger partial charge in [-0.2, -0.15) is 0 Å². The summed E-state index contributed by atoms with van der Waals surface area (Å²) in [4.78, 5) is 21.1. The van der Waals surface area contributed by atoms with E-state index in [2.05, 4.69) is 0 Å². The monoisotopic (exact) mass is 298 g/mol. The standard InChI is InChI=1S/C15H23O4P/c1-11(2)12(3)19-15(16)14-7-5-13(6-8-14)9-10-20(4,17)18/h5-8,11-12H,9-10H2,1-4H3,(H,17,18). The number of carbonyl (C=O) groups excluding carboxylic acids is 1. The molecule has 1 aromatic carbocycles. The lowest BCUT2D eigenvalue weighted by Crippen LogP contribution is -2.20. The van der Waals surface area contributed by atoms with E-state index in [9.17, 15) is 14.3 Å². The van der Waals surface area contributed by atoms with Crippen LogP contribution >= 0.6 is 7.37 Å². The summed E-state index contributed by atoms with van der Waals surface area (Å²) in [5.41, 5.74) is 1.44. The number of rotatable bonds is 6. The molecule has 2 unspecified atom stereocenters. The van der Waals surface area contributed by atoms with Crippen LogP contribution in [0.5, 0.6) is 0 Å². The number of hydrogen-bond donors (Lipinski definition) is 1. The topological polar surface area (TPSA) is 63.6 Å². The van der Waals surface area contributed by atoms with Crippen LogP contribution < -0.4 is 0 Å². The Hall–Kier alpha value is -1.12. The van der Waals surface area contributed by atoms with Crippen molar-refractivity contribution in [2.45, 2.75) is 33.3 Å². The second-order valence-electron chi connectivity index (χ2n) is 5.58. The Morgan fingerprint density at radius 3 is 2.25 bits per heavy atom. The minimum absolute atomic E-state index is 0.123. The van der Waals surface area contributed by atoms with Crippen LogP contribution in [0.15, 0.2) is 24.3 Å². The van der Waals surface area contributed by atoms with Gasteiger partial charge in [0.1, 0.15) is 6.10 Å². The molecule has 1 aromatic rings. The minimum atomic E-state index is -2.98. The number of carbonyl (C=O) groups is 1. The molecule has 0 saturated carbocycles. The van der Waals surface area contributed by atoms with Gasteiger partial charge in [-0.15, -0.1) is 0 Å². The molecule has 1 rings (SSSR count). The van der Waals surface area contributed by atoms with Crippen molar-refractivity contribution in [3.8, 4) is 0 Å². The maximum Gasteiger partial charge on any atom is 0.338 e. The van der Waals surface area contributed by atoms with Gasteiger partial charge in [0.25, 0.3) is 0 Å². The molecule has 0 aliphatic heterocycles. The third-order valence-corrected chi connectivity index (χ3v) is 4.29. The van der Waals surface area contributed by atoms with E-state index < -0.39 is 7.37 Å². The number of esters is 1. The largest absolute Gasteiger partial charge is 0.459 e. The predicted octanol–water partition coefficient (Wildman–Crippen LogP) is 3.33. The van der Waals surface area contributed by atoms with Crippen molar-refractivity contribution < 1.29 is 19.0 Å². The summed E-state index contributed by atoms with van der Waals surface area (Å²) in [7, 11) is -2.98. The fourth-order valence-corrected chi connectivity index (χ4v) is 2.19. The Kier molecular flexibility index (Phi) is 5.97. The molecule has 0 bridgehead atoms. The first-order valence-electron chi connectivity index (χ1n) is 6.78. The van der Waals surface area contributed by atoms with Gasteiger partial charge in [-0.3, -0.25) is 4.57 Å². The molecule has 2 atom stereocenters. The van der Waals surface area contributed by atoms with Crippen molar-refractivity contribution in [2.75, 3.05) is 12.8 Å². The first-order valence-corrected chi connectivity index (χ1v) is 9.07. The molecule has 1 N–H and O–H groups in total. The van der Waals surface area contributed by atoms with Crippen LogP contribution in [-0.2, 0) is 15.7 Å². The van der Waals surface area contributed by atoms with E-state index >= 15 is 0 Å². The molecule has 20 heavy (non-hydrogen) atoms. The maximum atomic E-state index is 11.9. The molecular formula is C15H23O4P. The summed E-state index contributed by atoms with van der Waals surface area (Å²) in [5.74, 6) is -0.0532. The summed E-state index contributed by atoms with van der Waals surface area (Å²) in [6.07, 6.45) is 0.658. The van der Waals surface area contributed by atoms with Gasteiger partial charge in [0, 0.05) is 12.8 Å². The quantitative estimate of drug-likeness (QED) is 0.646. The highest BCUT2D eigenvalue weighted by atomic mass is 31.2. The molecule has 0 spiro atoms. The fraction of sp³-hybridized carbons (Fsp3) is 0.533. The zero-order valence-electron chi connectivity index (χ0n) is 12.5. The molecule has 0 aromatic heterocycles. The van der Waals surface area contributed by atoms with Crippen LogP contribution in [0.3, 0.4) is 0 Å². The number of benzene rings is 1. The molecule has 0 amide bonds. The molecular weight excluding hydrogens is 275 g/mol. The van der Waals surface area contributed by atoms with Gasteiger partial charge < -0.3 is 9.63 Å². The summed E-state index contributed by atoms with van der Waals surface area (Å²) >= 11 is 0. The zero-order valence-corrected chi connectivity index (χ0v) is 13.4. The lowest BCUT2D eigenvalue weighted by atomic mass is 10.1. The van der Waals surface area contributed by atoms with Gasteiger partial charge in [-0.25, -0.2) is 4.79 Å². The Labute approximate surface area is 120 Å². The summed E-state index contributed by atoms with van der Waals surface area (Å²) in [6, 6.07) is 6.99. The van der Waals surface area contributed by atoms with E-state index in [0.29, 0.717) is 12.0 Å². The third-order valence-electron chi connectivity index (χ3n) is 3.24. The molecule has 0 saturated heterocycles. The molecule has 0 aliphatic carbocycles. The Balaban J connectivity index is 2.62. The van der Waals surface area contributed by atoms with Gasteiger partial charge >= 0.3 is 5.97 Å². The minimum Gasteiger partial charge on any atom is -0.459 e. The van der Waals surface area contributed by atoms with Crippen molar-refractivity contribution in [3.05, 3.63) is 35.4 Å². The van der Waals surface area contributed by atoms with Gasteiger partial charge in [0.2, 0.25) is 0 Å².